The van der Waals surface area contributed by atoms with Crippen LogP contribution in [0.4, 0.5) is 11.4 Å². The molecule has 1 unspecified atom stereocenters. The molecule has 0 heterocycles. The summed E-state index contributed by atoms with van der Waals surface area (Å²) in [5, 5.41) is 13.2. The average Bonchev–Trinajstić information content (AvgIpc) is 2.25. The molecule has 0 saturated heterocycles. The molecule has 0 spiro atoms. The third-order valence-electron chi connectivity index (χ3n) is 2.45. The maximum Gasteiger partial charge on any atom is 0.292 e. The van der Waals surface area contributed by atoms with E-state index >= 15 is 0 Å². The first kappa shape index (κ1) is 15.9. The molecule has 1 aromatic rings. The van der Waals surface area contributed by atoms with Crippen LogP contribution in [0.2, 0.25) is 0 Å². The highest BCUT2D eigenvalue weighted by atomic mass is 32.2. The van der Waals surface area contributed by atoms with Crippen molar-refractivity contribution in [2.75, 3.05) is 17.7 Å². The van der Waals surface area contributed by atoms with Crippen LogP contribution in [0, 0.1) is 10.1 Å². The predicted octanol–water partition coefficient (Wildman–Crippen LogP) is 0.340. The number of nitrogens with zero attached hydrogens (tertiary/aromatic N) is 1. The van der Waals surface area contributed by atoms with Gasteiger partial charge in [0.25, 0.3) is 11.6 Å². The summed E-state index contributed by atoms with van der Waals surface area (Å²) in [6.07, 6.45) is 1.05. The maximum absolute atomic E-state index is 11.9. The normalized spacial score (nSPS) is 12.7. The van der Waals surface area contributed by atoms with Gasteiger partial charge in [-0.25, -0.2) is 8.42 Å². The maximum atomic E-state index is 11.9. The van der Waals surface area contributed by atoms with E-state index in [2.05, 4.69) is 5.32 Å². The van der Waals surface area contributed by atoms with Gasteiger partial charge in [-0.15, -0.1) is 0 Å². The molecule has 110 valence electrons. The standard InChI is InChI=1S/C11H15N3O5S/c1-7(6-20(2,18)19)13-11(15)8-4-3-5-9(10(8)12)14(16)17/h3-5,7H,6,12H2,1-2H3,(H,13,15). The van der Waals surface area contributed by atoms with E-state index in [-0.39, 0.29) is 22.7 Å². The minimum Gasteiger partial charge on any atom is -0.393 e. The minimum atomic E-state index is -3.24. The molecule has 1 atom stereocenters. The van der Waals surface area contributed by atoms with Gasteiger partial charge in [0.1, 0.15) is 15.5 Å². The van der Waals surface area contributed by atoms with E-state index < -0.39 is 26.7 Å². The van der Waals surface area contributed by atoms with Crippen LogP contribution in [0.3, 0.4) is 0 Å². The number of amides is 1. The fraction of sp³-hybridized carbons (Fsp3) is 0.364. The molecule has 1 rings (SSSR count). The number of hydrogen-bond acceptors (Lipinski definition) is 6. The largest absolute Gasteiger partial charge is 0.393 e. The second-order valence-corrected chi connectivity index (χ2v) is 6.65. The predicted molar refractivity (Wildman–Crippen MR) is 74.1 cm³/mol. The zero-order chi connectivity index (χ0) is 15.5. The van der Waals surface area contributed by atoms with Gasteiger partial charge in [0.2, 0.25) is 0 Å². The number of nitrogen functional groups attached to an aromatic ring is 1. The van der Waals surface area contributed by atoms with Crippen molar-refractivity contribution >= 4 is 27.1 Å². The van der Waals surface area contributed by atoms with Crippen molar-refractivity contribution in [1.82, 2.24) is 5.32 Å². The third-order valence-corrected chi connectivity index (χ3v) is 3.56. The highest BCUT2D eigenvalue weighted by Gasteiger charge is 2.21. The van der Waals surface area contributed by atoms with Crippen molar-refractivity contribution in [2.45, 2.75) is 13.0 Å². The summed E-state index contributed by atoms with van der Waals surface area (Å²) in [4.78, 5) is 22.0. The highest BCUT2D eigenvalue weighted by Crippen LogP contribution is 2.24. The highest BCUT2D eigenvalue weighted by molar-refractivity contribution is 7.90. The molecular formula is C11H15N3O5S. The summed E-state index contributed by atoms with van der Waals surface area (Å²) in [5.74, 6) is -0.879. The molecule has 8 nitrogen and oxygen atoms in total. The fourth-order valence-corrected chi connectivity index (χ4v) is 2.70. The molecule has 0 aliphatic heterocycles. The van der Waals surface area contributed by atoms with Crippen LogP contribution < -0.4 is 11.1 Å². The molecule has 0 bridgehead atoms. The number of rotatable bonds is 5. The van der Waals surface area contributed by atoms with Crippen LogP contribution >= 0.6 is 0 Å². The van der Waals surface area contributed by atoms with Crippen molar-refractivity contribution < 1.29 is 18.1 Å². The van der Waals surface area contributed by atoms with Gasteiger partial charge in [0.05, 0.1) is 16.2 Å². The number of nitro groups is 1. The number of benzene rings is 1. The molecule has 1 amide bonds. The topological polar surface area (TPSA) is 132 Å². The van der Waals surface area contributed by atoms with E-state index in [1.165, 1.54) is 25.1 Å². The third kappa shape index (κ3) is 4.19. The Morgan fingerprint density at radius 1 is 1.50 bits per heavy atom. The Kier molecular flexibility index (Phi) is 4.66. The van der Waals surface area contributed by atoms with E-state index in [0.29, 0.717) is 0 Å². The number of nitrogens with one attached hydrogen (secondary N) is 1. The molecule has 0 aliphatic rings. The van der Waals surface area contributed by atoms with Gasteiger partial charge in [-0.2, -0.15) is 0 Å². The van der Waals surface area contributed by atoms with E-state index in [1.54, 1.807) is 0 Å². The van der Waals surface area contributed by atoms with Gasteiger partial charge in [-0.1, -0.05) is 6.07 Å². The summed E-state index contributed by atoms with van der Waals surface area (Å²) < 4.78 is 22.2. The summed E-state index contributed by atoms with van der Waals surface area (Å²) in [5.41, 5.74) is 4.90. The van der Waals surface area contributed by atoms with Crippen LogP contribution in [0.15, 0.2) is 18.2 Å². The lowest BCUT2D eigenvalue weighted by molar-refractivity contribution is -0.383. The lowest BCUT2D eigenvalue weighted by atomic mass is 10.1. The Morgan fingerprint density at radius 3 is 2.60 bits per heavy atom. The van der Waals surface area contributed by atoms with Crippen molar-refractivity contribution in [3.8, 4) is 0 Å². The molecule has 0 radical (unpaired) electrons. The van der Waals surface area contributed by atoms with E-state index in [9.17, 15) is 23.3 Å². The van der Waals surface area contributed by atoms with Gasteiger partial charge in [0, 0.05) is 18.4 Å². The first-order valence-electron chi connectivity index (χ1n) is 5.63. The molecule has 0 aliphatic carbocycles. The summed E-state index contributed by atoms with van der Waals surface area (Å²) in [6, 6.07) is 3.23. The van der Waals surface area contributed by atoms with Crippen molar-refractivity contribution in [3.63, 3.8) is 0 Å². The number of carbonyl (C=O) groups excluding carboxylic acids is 1. The Hall–Kier alpha value is -2.16. The van der Waals surface area contributed by atoms with Crippen molar-refractivity contribution in [3.05, 3.63) is 33.9 Å². The van der Waals surface area contributed by atoms with Gasteiger partial charge in [-0.05, 0) is 13.0 Å². The van der Waals surface area contributed by atoms with E-state index in [0.717, 1.165) is 6.26 Å². The van der Waals surface area contributed by atoms with Gasteiger partial charge in [-0.3, -0.25) is 14.9 Å². The number of para-hydroxylation sites is 1. The quantitative estimate of drug-likeness (QED) is 0.458. The summed E-state index contributed by atoms with van der Waals surface area (Å²) >= 11 is 0. The van der Waals surface area contributed by atoms with Crippen LogP contribution in [-0.4, -0.2) is 37.3 Å². The molecule has 0 saturated carbocycles. The lowest BCUT2D eigenvalue weighted by Gasteiger charge is -2.13. The van der Waals surface area contributed by atoms with Crippen LogP contribution in [0.1, 0.15) is 17.3 Å². The summed E-state index contributed by atoms with van der Waals surface area (Å²) in [6.45, 7) is 1.52. The van der Waals surface area contributed by atoms with Crippen LogP contribution in [-0.2, 0) is 9.84 Å². The van der Waals surface area contributed by atoms with Gasteiger partial charge < -0.3 is 11.1 Å². The van der Waals surface area contributed by atoms with E-state index in [1.807, 2.05) is 0 Å². The lowest BCUT2D eigenvalue weighted by Crippen LogP contribution is -2.37. The molecule has 0 fully saturated rings. The number of hydrogen-bond donors (Lipinski definition) is 2. The Bertz CT molecular complexity index is 641. The molecule has 3 N–H and O–H groups in total. The Balaban J connectivity index is 2.94. The van der Waals surface area contributed by atoms with Gasteiger partial charge in [0.15, 0.2) is 0 Å². The fourth-order valence-electron chi connectivity index (χ4n) is 1.71. The average molecular weight is 301 g/mol. The zero-order valence-corrected chi connectivity index (χ0v) is 11.8. The number of sulfone groups is 1. The monoisotopic (exact) mass is 301 g/mol. The zero-order valence-electron chi connectivity index (χ0n) is 11.0. The Morgan fingerprint density at radius 2 is 2.10 bits per heavy atom. The summed E-state index contributed by atoms with van der Waals surface area (Å²) in [7, 11) is -3.24. The van der Waals surface area contributed by atoms with E-state index in [4.69, 9.17) is 5.73 Å². The number of nitro benzene ring substituents is 1. The SMILES string of the molecule is CC(CS(C)(=O)=O)NC(=O)c1cccc([N+](=O)[O-])c1N. The second kappa shape index (κ2) is 5.87. The number of anilines is 1. The first-order valence-corrected chi connectivity index (χ1v) is 7.69. The van der Waals surface area contributed by atoms with Crippen molar-refractivity contribution in [1.29, 1.82) is 0 Å². The van der Waals surface area contributed by atoms with Crippen LogP contribution in [0.25, 0.3) is 0 Å². The van der Waals surface area contributed by atoms with Gasteiger partial charge >= 0.3 is 0 Å². The number of carbonyl (C=O) groups is 1. The molecule has 1 aromatic carbocycles. The van der Waals surface area contributed by atoms with Crippen molar-refractivity contribution in [2.24, 2.45) is 0 Å². The molecular weight excluding hydrogens is 286 g/mol. The minimum absolute atomic E-state index is 0.0560. The Labute approximate surface area is 116 Å². The smallest absolute Gasteiger partial charge is 0.292 e. The first-order chi connectivity index (χ1) is 9.11. The molecule has 0 aromatic heterocycles. The second-order valence-electron chi connectivity index (χ2n) is 4.46. The number of nitrogens with two attached hydrogens (primary N) is 1. The molecule has 20 heavy (non-hydrogen) atoms. The molecule has 9 heteroatoms. The van der Waals surface area contributed by atoms with Crippen LogP contribution in [0.5, 0.6) is 0 Å².